The van der Waals surface area contributed by atoms with Crippen molar-refractivity contribution in [2.75, 3.05) is 26.4 Å². The summed E-state index contributed by atoms with van der Waals surface area (Å²) >= 11 is 3.53. The Balaban J connectivity index is 2.81. The minimum atomic E-state index is 0.126. The molecule has 4 nitrogen and oxygen atoms in total. The number of aliphatic hydroxyl groups is 1. The van der Waals surface area contributed by atoms with Gasteiger partial charge in [0.1, 0.15) is 0 Å². The first-order valence-electron chi connectivity index (χ1n) is 7.12. The lowest BCUT2D eigenvalue weighted by molar-refractivity contribution is 0.224. The molecule has 0 fully saturated rings. The Morgan fingerprint density at radius 3 is 2.70 bits per heavy atom. The second kappa shape index (κ2) is 10.0. The first-order chi connectivity index (χ1) is 9.72. The maximum absolute atomic E-state index is 8.82. The van der Waals surface area contributed by atoms with Crippen molar-refractivity contribution in [1.82, 2.24) is 5.32 Å². The lowest BCUT2D eigenvalue weighted by Gasteiger charge is -2.15. The van der Waals surface area contributed by atoms with Gasteiger partial charge in [-0.15, -0.1) is 0 Å². The molecule has 0 aromatic heterocycles. The molecule has 1 aromatic carbocycles. The zero-order valence-electron chi connectivity index (χ0n) is 12.2. The van der Waals surface area contributed by atoms with E-state index in [-0.39, 0.29) is 6.61 Å². The fourth-order valence-corrected chi connectivity index (χ4v) is 2.38. The summed E-state index contributed by atoms with van der Waals surface area (Å²) in [4.78, 5) is 0. The van der Waals surface area contributed by atoms with E-state index in [0.717, 1.165) is 35.3 Å². The van der Waals surface area contributed by atoms with Crippen LogP contribution in [0.25, 0.3) is 0 Å². The van der Waals surface area contributed by atoms with Gasteiger partial charge in [0.15, 0.2) is 11.5 Å². The average Bonchev–Trinajstić information content (AvgIpc) is 2.42. The second-order valence-electron chi connectivity index (χ2n) is 4.44. The Morgan fingerprint density at radius 2 is 2.05 bits per heavy atom. The summed E-state index contributed by atoms with van der Waals surface area (Å²) in [6.45, 7) is 7.09. The molecule has 0 radical (unpaired) electrons. The highest BCUT2D eigenvalue weighted by Gasteiger charge is 2.12. The van der Waals surface area contributed by atoms with Crippen LogP contribution in [-0.2, 0) is 6.54 Å². The SMILES string of the molecule is CCCNCc1cc(Br)c(OCCCO)c(OCC)c1. The van der Waals surface area contributed by atoms with Crippen molar-refractivity contribution < 1.29 is 14.6 Å². The summed E-state index contributed by atoms with van der Waals surface area (Å²) in [5, 5.41) is 12.2. The number of aliphatic hydroxyl groups excluding tert-OH is 1. The molecule has 0 spiro atoms. The van der Waals surface area contributed by atoms with Gasteiger partial charge in [-0.05, 0) is 53.5 Å². The Hall–Kier alpha value is -0.780. The third kappa shape index (κ3) is 5.69. The molecule has 1 rings (SSSR count). The molecule has 0 aliphatic rings. The predicted octanol–water partition coefficient (Wildman–Crippen LogP) is 3.11. The summed E-state index contributed by atoms with van der Waals surface area (Å²) < 4.78 is 12.2. The number of nitrogens with one attached hydrogen (secondary N) is 1. The summed E-state index contributed by atoms with van der Waals surface area (Å²) in [6, 6.07) is 4.05. The number of rotatable bonds is 10. The molecule has 0 saturated carbocycles. The molecule has 0 aliphatic heterocycles. The van der Waals surface area contributed by atoms with Gasteiger partial charge in [0.2, 0.25) is 0 Å². The van der Waals surface area contributed by atoms with Crippen LogP contribution >= 0.6 is 15.9 Å². The minimum absolute atomic E-state index is 0.126. The van der Waals surface area contributed by atoms with Gasteiger partial charge in [-0.25, -0.2) is 0 Å². The molecule has 0 unspecified atom stereocenters. The van der Waals surface area contributed by atoms with Crippen LogP contribution < -0.4 is 14.8 Å². The summed E-state index contributed by atoms with van der Waals surface area (Å²) in [5.41, 5.74) is 1.16. The van der Waals surface area contributed by atoms with Crippen molar-refractivity contribution in [3.05, 3.63) is 22.2 Å². The first-order valence-corrected chi connectivity index (χ1v) is 7.91. The maximum atomic E-state index is 8.82. The molecule has 0 bridgehead atoms. The molecule has 0 saturated heterocycles. The Morgan fingerprint density at radius 1 is 1.25 bits per heavy atom. The van der Waals surface area contributed by atoms with Crippen LogP contribution in [0.3, 0.4) is 0 Å². The van der Waals surface area contributed by atoms with Gasteiger partial charge < -0.3 is 19.9 Å². The van der Waals surface area contributed by atoms with E-state index in [0.29, 0.717) is 25.4 Å². The summed E-state index contributed by atoms with van der Waals surface area (Å²) in [6.07, 6.45) is 1.72. The lowest BCUT2D eigenvalue weighted by atomic mass is 10.2. The third-order valence-electron chi connectivity index (χ3n) is 2.67. The molecular weight excluding hydrogens is 322 g/mol. The van der Waals surface area contributed by atoms with E-state index in [9.17, 15) is 0 Å². The number of benzene rings is 1. The van der Waals surface area contributed by atoms with Crippen molar-refractivity contribution in [2.45, 2.75) is 33.2 Å². The Bertz CT molecular complexity index is 399. The van der Waals surface area contributed by atoms with E-state index in [1.165, 1.54) is 0 Å². The molecule has 0 heterocycles. The van der Waals surface area contributed by atoms with E-state index in [1.807, 2.05) is 19.1 Å². The molecular formula is C15H24BrNO3. The molecule has 20 heavy (non-hydrogen) atoms. The Kier molecular flexibility index (Phi) is 8.65. The Labute approximate surface area is 129 Å². The van der Waals surface area contributed by atoms with Gasteiger partial charge in [-0.3, -0.25) is 0 Å². The number of ether oxygens (including phenoxy) is 2. The molecule has 2 N–H and O–H groups in total. The highest BCUT2D eigenvalue weighted by atomic mass is 79.9. The van der Waals surface area contributed by atoms with E-state index in [1.54, 1.807) is 0 Å². The molecule has 1 aromatic rings. The first kappa shape index (κ1) is 17.3. The van der Waals surface area contributed by atoms with Crippen LogP contribution in [0.2, 0.25) is 0 Å². The zero-order valence-corrected chi connectivity index (χ0v) is 13.8. The highest BCUT2D eigenvalue weighted by Crippen LogP contribution is 2.37. The van der Waals surface area contributed by atoms with E-state index in [2.05, 4.69) is 28.2 Å². The van der Waals surface area contributed by atoms with E-state index in [4.69, 9.17) is 14.6 Å². The van der Waals surface area contributed by atoms with Gasteiger partial charge in [0.05, 0.1) is 17.7 Å². The number of hydrogen-bond acceptors (Lipinski definition) is 4. The topological polar surface area (TPSA) is 50.7 Å². The molecule has 0 aliphatic carbocycles. The van der Waals surface area contributed by atoms with Gasteiger partial charge in [0.25, 0.3) is 0 Å². The van der Waals surface area contributed by atoms with Gasteiger partial charge >= 0.3 is 0 Å². The highest BCUT2D eigenvalue weighted by molar-refractivity contribution is 9.10. The van der Waals surface area contributed by atoms with Crippen LogP contribution in [0.1, 0.15) is 32.3 Å². The van der Waals surface area contributed by atoms with Gasteiger partial charge in [0, 0.05) is 19.6 Å². The summed E-state index contributed by atoms with van der Waals surface area (Å²) in [7, 11) is 0. The smallest absolute Gasteiger partial charge is 0.175 e. The van der Waals surface area contributed by atoms with Crippen molar-refractivity contribution in [3.63, 3.8) is 0 Å². The lowest BCUT2D eigenvalue weighted by Crippen LogP contribution is -2.14. The standard InChI is InChI=1S/C15H24BrNO3/c1-3-6-17-11-12-9-13(16)15(20-8-5-7-18)14(10-12)19-4-2/h9-10,17-18H,3-8,11H2,1-2H3. The minimum Gasteiger partial charge on any atom is -0.490 e. The maximum Gasteiger partial charge on any atom is 0.175 e. The molecule has 0 amide bonds. The van der Waals surface area contributed by atoms with Gasteiger partial charge in [-0.2, -0.15) is 0 Å². The van der Waals surface area contributed by atoms with Crippen molar-refractivity contribution in [1.29, 1.82) is 0 Å². The van der Waals surface area contributed by atoms with Crippen LogP contribution in [-0.4, -0.2) is 31.5 Å². The summed E-state index contributed by atoms with van der Waals surface area (Å²) in [5.74, 6) is 1.45. The van der Waals surface area contributed by atoms with E-state index >= 15 is 0 Å². The number of halogens is 1. The fraction of sp³-hybridized carbons (Fsp3) is 0.600. The van der Waals surface area contributed by atoms with Crippen molar-refractivity contribution >= 4 is 15.9 Å². The third-order valence-corrected chi connectivity index (χ3v) is 3.26. The molecule has 0 atom stereocenters. The molecule has 5 heteroatoms. The van der Waals surface area contributed by atoms with Crippen LogP contribution in [0.5, 0.6) is 11.5 Å². The zero-order chi connectivity index (χ0) is 14.8. The second-order valence-corrected chi connectivity index (χ2v) is 5.29. The normalized spacial score (nSPS) is 10.6. The number of hydrogen-bond donors (Lipinski definition) is 2. The largest absolute Gasteiger partial charge is 0.490 e. The average molecular weight is 346 g/mol. The van der Waals surface area contributed by atoms with Crippen molar-refractivity contribution in [2.24, 2.45) is 0 Å². The predicted molar refractivity (Wildman–Crippen MR) is 84.5 cm³/mol. The van der Waals surface area contributed by atoms with Crippen LogP contribution in [0.4, 0.5) is 0 Å². The quantitative estimate of drug-likeness (QED) is 0.639. The van der Waals surface area contributed by atoms with E-state index < -0.39 is 0 Å². The van der Waals surface area contributed by atoms with Crippen molar-refractivity contribution in [3.8, 4) is 11.5 Å². The monoisotopic (exact) mass is 345 g/mol. The van der Waals surface area contributed by atoms with Crippen LogP contribution in [0.15, 0.2) is 16.6 Å². The molecule has 114 valence electrons. The van der Waals surface area contributed by atoms with Crippen LogP contribution in [0, 0.1) is 0 Å². The fourth-order valence-electron chi connectivity index (χ4n) is 1.77. The van der Waals surface area contributed by atoms with Gasteiger partial charge in [-0.1, -0.05) is 6.92 Å².